The molecule has 270 valence electrons. The minimum Gasteiger partial charge on any atom is -0.453 e. The molecule has 3 saturated heterocycles. The first kappa shape index (κ1) is 34.1. The van der Waals surface area contributed by atoms with Crippen molar-refractivity contribution in [3.8, 4) is 22.9 Å². The monoisotopic (exact) mass is 725 g/mol. The number of piperidine rings is 2. The molecule has 0 bridgehead atoms. The predicted octanol–water partition coefficient (Wildman–Crippen LogP) is 6.79. The number of amides is 3. The van der Waals surface area contributed by atoms with E-state index in [2.05, 4.69) is 47.3 Å². The van der Waals surface area contributed by atoms with Crippen molar-refractivity contribution in [1.29, 1.82) is 0 Å². The van der Waals surface area contributed by atoms with E-state index in [1.165, 1.54) is 16.5 Å². The number of urea groups is 1. The van der Waals surface area contributed by atoms with Crippen molar-refractivity contribution >= 4 is 46.1 Å². The number of carbonyl (C=O) groups excluding carboxylic acids is 2. The number of ether oxygens (including phenoxy) is 1. The summed E-state index contributed by atoms with van der Waals surface area (Å²) in [7, 11) is 1.88. The molecule has 3 aliphatic rings. The van der Waals surface area contributed by atoms with Gasteiger partial charge in [-0.2, -0.15) is 5.10 Å². The van der Waals surface area contributed by atoms with Gasteiger partial charge in [0, 0.05) is 51.5 Å². The number of imidazole rings is 1. The number of pyridine rings is 1. The zero-order valence-corrected chi connectivity index (χ0v) is 30.0. The highest BCUT2D eigenvalue weighted by molar-refractivity contribution is 6.32. The molecule has 2 aromatic carbocycles. The van der Waals surface area contributed by atoms with Gasteiger partial charge in [0.15, 0.2) is 11.4 Å². The normalized spacial score (nSPS) is 18.0. The summed E-state index contributed by atoms with van der Waals surface area (Å²) in [5.74, 6) is 2.17. The van der Waals surface area contributed by atoms with Gasteiger partial charge in [0.25, 0.3) is 0 Å². The van der Waals surface area contributed by atoms with Crippen LogP contribution in [-0.2, 0) is 11.8 Å². The second-order valence-electron chi connectivity index (χ2n) is 14.1. The van der Waals surface area contributed by atoms with E-state index in [4.69, 9.17) is 16.3 Å². The lowest BCUT2D eigenvalue weighted by molar-refractivity contribution is -0.120. The Kier molecular flexibility index (Phi) is 9.31. The van der Waals surface area contributed by atoms with Gasteiger partial charge in [-0.05, 0) is 93.4 Å². The Bertz CT molecular complexity index is 2120. The number of H-pyrrole nitrogens is 1. The number of rotatable bonds is 8. The van der Waals surface area contributed by atoms with E-state index in [9.17, 15) is 9.59 Å². The van der Waals surface area contributed by atoms with E-state index in [1.807, 2.05) is 38.4 Å². The molecule has 5 aromatic rings. The molecule has 14 heteroatoms. The second kappa shape index (κ2) is 14.2. The van der Waals surface area contributed by atoms with Gasteiger partial charge >= 0.3 is 6.03 Å². The number of halogens is 2. The quantitative estimate of drug-likeness (QED) is 0.179. The van der Waals surface area contributed by atoms with Crippen LogP contribution in [0.5, 0.6) is 11.5 Å². The van der Waals surface area contributed by atoms with Crippen LogP contribution in [0.1, 0.15) is 49.3 Å². The number of anilines is 2. The maximum absolute atomic E-state index is 15.1. The van der Waals surface area contributed by atoms with Crippen molar-refractivity contribution in [2.75, 3.05) is 49.1 Å². The number of benzene rings is 2. The summed E-state index contributed by atoms with van der Waals surface area (Å²) in [6.07, 6.45) is 7.97. The minimum absolute atomic E-state index is 0.163. The van der Waals surface area contributed by atoms with Crippen LogP contribution in [0.2, 0.25) is 5.02 Å². The summed E-state index contributed by atoms with van der Waals surface area (Å²) >= 11 is 6.57. The number of hydrogen-bond donors (Lipinski definition) is 2. The molecule has 0 unspecified atom stereocenters. The Labute approximate surface area is 305 Å². The van der Waals surface area contributed by atoms with Crippen molar-refractivity contribution < 1.29 is 18.7 Å². The van der Waals surface area contributed by atoms with Crippen molar-refractivity contribution in [1.82, 2.24) is 34.9 Å². The number of nitrogens with one attached hydrogen (secondary N) is 2. The zero-order chi connectivity index (χ0) is 35.9. The Hall–Kier alpha value is -5.01. The predicted molar refractivity (Wildman–Crippen MR) is 198 cm³/mol. The molecule has 3 aromatic heterocycles. The third-order valence-electron chi connectivity index (χ3n) is 10.6. The Morgan fingerprint density at radius 3 is 2.46 bits per heavy atom. The molecule has 3 aliphatic heterocycles. The highest BCUT2D eigenvalue weighted by atomic mass is 35.5. The number of likely N-dealkylation sites (tertiary alicyclic amines) is 1. The van der Waals surface area contributed by atoms with Crippen LogP contribution in [-0.4, -0.2) is 80.8 Å². The molecule has 0 atom stereocenters. The van der Waals surface area contributed by atoms with E-state index in [-0.39, 0.29) is 24.6 Å². The van der Waals surface area contributed by atoms with E-state index >= 15 is 4.39 Å². The second-order valence-corrected chi connectivity index (χ2v) is 14.5. The number of imide groups is 1. The fourth-order valence-electron chi connectivity index (χ4n) is 7.79. The molecule has 8 rings (SSSR count). The number of hydrogen-bond acceptors (Lipinski definition) is 8. The van der Waals surface area contributed by atoms with Gasteiger partial charge in [-0.3, -0.25) is 19.7 Å². The maximum Gasteiger partial charge on any atom is 0.328 e. The lowest BCUT2D eigenvalue weighted by Gasteiger charge is -2.38. The molecule has 12 nitrogen and oxygen atoms in total. The molecule has 0 spiro atoms. The summed E-state index contributed by atoms with van der Waals surface area (Å²) in [4.78, 5) is 42.2. The Balaban J connectivity index is 0.824. The maximum atomic E-state index is 15.1. The summed E-state index contributed by atoms with van der Waals surface area (Å²) in [5.41, 5.74) is 5.27. The number of aromatic amines is 1. The van der Waals surface area contributed by atoms with E-state index in [0.29, 0.717) is 45.3 Å². The SMILES string of the molecule is Cc1nn(C)cc1-c1nc2ncc(Cl)c(Oc3ccc(C4CCN(CC5CCN(c6ccc(N7CCC(=O)NC7=O)c(F)c6)CC5)CC4)cc3)c2[nH]1. The first-order chi connectivity index (χ1) is 25.2. The Morgan fingerprint density at radius 2 is 1.77 bits per heavy atom. The average Bonchev–Trinajstić information content (AvgIpc) is 3.73. The molecule has 0 saturated carbocycles. The number of carbonyl (C=O) groups is 2. The first-order valence-corrected chi connectivity index (χ1v) is 18.3. The van der Waals surface area contributed by atoms with Crippen LogP contribution in [0.3, 0.4) is 0 Å². The summed E-state index contributed by atoms with van der Waals surface area (Å²) in [5, 5.41) is 7.08. The molecular formula is C38H41ClFN9O3. The topological polar surface area (TPSA) is 125 Å². The van der Waals surface area contributed by atoms with Crippen molar-refractivity contribution in [3.05, 3.63) is 77.0 Å². The zero-order valence-electron chi connectivity index (χ0n) is 29.2. The number of nitrogens with zero attached hydrogens (tertiary/aromatic N) is 7. The lowest BCUT2D eigenvalue weighted by Crippen LogP contribution is -2.49. The largest absolute Gasteiger partial charge is 0.453 e. The summed E-state index contributed by atoms with van der Waals surface area (Å²) in [6, 6.07) is 12.8. The fourth-order valence-corrected chi connectivity index (χ4v) is 7.97. The third-order valence-corrected chi connectivity index (χ3v) is 10.9. The molecule has 6 heterocycles. The van der Waals surface area contributed by atoms with Crippen molar-refractivity contribution in [2.45, 2.75) is 44.9 Å². The van der Waals surface area contributed by atoms with E-state index in [1.54, 1.807) is 16.9 Å². The molecule has 3 amide bonds. The van der Waals surface area contributed by atoms with Gasteiger partial charge in [0.1, 0.15) is 27.9 Å². The highest BCUT2D eigenvalue weighted by Gasteiger charge is 2.29. The smallest absolute Gasteiger partial charge is 0.328 e. The first-order valence-electron chi connectivity index (χ1n) is 17.9. The van der Waals surface area contributed by atoms with Crippen LogP contribution in [0.15, 0.2) is 54.9 Å². The van der Waals surface area contributed by atoms with Crippen LogP contribution in [0, 0.1) is 18.7 Å². The Morgan fingerprint density at radius 1 is 1.00 bits per heavy atom. The molecule has 52 heavy (non-hydrogen) atoms. The fraction of sp³-hybridized carbons (Fsp3) is 0.395. The van der Waals surface area contributed by atoms with Crippen molar-refractivity contribution in [3.63, 3.8) is 0 Å². The van der Waals surface area contributed by atoms with E-state index < -0.39 is 11.8 Å². The molecule has 2 N–H and O–H groups in total. The molecular weight excluding hydrogens is 685 g/mol. The number of fused-ring (bicyclic) bond motifs is 1. The van der Waals surface area contributed by atoms with Gasteiger partial charge in [0.05, 0.1) is 23.1 Å². The molecule has 0 aliphatic carbocycles. The summed E-state index contributed by atoms with van der Waals surface area (Å²) in [6.45, 7) is 7.07. The van der Waals surface area contributed by atoms with Crippen LogP contribution in [0.25, 0.3) is 22.6 Å². The van der Waals surface area contributed by atoms with Gasteiger partial charge in [0.2, 0.25) is 5.91 Å². The lowest BCUT2D eigenvalue weighted by atomic mass is 9.88. The minimum atomic E-state index is -0.578. The van der Waals surface area contributed by atoms with Gasteiger partial charge in [-0.25, -0.2) is 19.2 Å². The number of aromatic nitrogens is 5. The van der Waals surface area contributed by atoms with Gasteiger partial charge in [-0.1, -0.05) is 23.7 Å². The molecule has 3 fully saturated rings. The molecule has 0 radical (unpaired) electrons. The van der Waals surface area contributed by atoms with Crippen LogP contribution in [0.4, 0.5) is 20.6 Å². The van der Waals surface area contributed by atoms with Crippen LogP contribution < -0.4 is 19.9 Å². The summed E-state index contributed by atoms with van der Waals surface area (Å²) < 4.78 is 23.1. The van der Waals surface area contributed by atoms with Crippen LogP contribution >= 0.6 is 11.6 Å². The average molecular weight is 726 g/mol. The van der Waals surface area contributed by atoms with Crippen molar-refractivity contribution in [2.24, 2.45) is 13.0 Å². The third kappa shape index (κ3) is 6.94. The van der Waals surface area contributed by atoms with Gasteiger partial charge in [-0.15, -0.1) is 0 Å². The highest BCUT2D eigenvalue weighted by Crippen LogP contribution is 2.38. The van der Waals surface area contributed by atoms with Gasteiger partial charge < -0.3 is 19.5 Å². The van der Waals surface area contributed by atoms with E-state index in [0.717, 1.165) is 75.4 Å². The standard InChI is InChI=1S/C38H41ClFN9O3/c1-23-29(22-46(2)45-23)36-43-34-35(30(39)20-41-37(34)44-36)52-28-6-3-25(4-7-28)26-11-14-47(15-12-26)21-24-9-16-48(17-10-24)27-5-8-32(31(40)19-27)49-18-13-33(50)42-38(49)51/h3-8,19-20,22,24,26H,9-18,21H2,1-2H3,(H,41,43,44)(H,42,50,51). The number of aryl methyl sites for hydroxylation is 2.